The summed E-state index contributed by atoms with van der Waals surface area (Å²) in [7, 11) is 1.83. The Balaban J connectivity index is 0.00000261. The molecular formula is C21H33IN4O. The van der Waals surface area contributed by atoms with Gasteiger partial charge in [-0.15, -0.1) is 24.0 Å². The zero-order chi connectivity index (χ0) is 18.9. The molecule has 1 saturated carbocycles. The Morgan fingerprint density at radius 3 is 2.48 bits per heavy atom. The summed E-state index contributed by atoms with van der Waals surface area (Å²) < 4.78 is 0. The normalized spacial score (nSPS) is 20.8. The van der Waals surface area contributed by atoms with E-state index >= 15 is 0 Å². The lowest BCUT2D eigenvalue weighted by Gasteiger charge is -2.62. The number of likely N-dealkylation sites (tertiary alicyclic amines) is 1. The monoisotopic (exact) mass is 484 g/mol. The summed E-state index contributed by atoms with van der Waals surface area (Å²) in [4.78, 5) is 18.9. The number of hydrogen-bond acceptors (Lipinski definition) is 2. The number of nitrogens with zero attached hydrogens (tertiary/aromatic N) is 2. The van der Waals surface area contributed by atoms with Gasteiger partial charge in [-0.3, -0.25) is 9.79 Å². The molecule has 5 nitrogen and oxygen atoms in total. The molecule has 1 saturated heterocycles. The Labute approximate surface area is 180 Å². The molecule has 0 unspecified atom stereocenters. The Hall–Kier alpha value is -1.31. The van der Waals surface area contributed by atoms with Crippen molar-refractivity contribution >= 4 is 41.5 Å². The van der Waals surface area contributed by atoms with Crippen molar-refractivity contribution < 1.29 is 4.79 Å². The first-order valence-corrected chi connectivity index (χ1v) is 9.63. The van der Waals surface area contributed by atoms with E-state index in [1.165, 1.54) is 6.42 Å². The zero-order valence-corrected chi connectivity index (χ0v) is 19.5. The van der Waals surface area contributed by atoms with Crippen LogP contribution in [0, 0.1) is 11.3 Å². The van der Waals surface area contributed by atoms with Gasteiger partial charge >= 0.3 is 0 Å². The van der Waals surface area contributed by atoms with Gasteiger partial charge in [-0.05, 0) is 44.4 Å². The Morgan fingerprint density at radius 2 is 1.96 bits per heavy atom. The van der Waals surface area contributed by atoms with Crippen molar-refractivity contribution in [1.29, 1.82) is 0 Å². The molecule has 0 bridgehead atoms. The largest absolute Gasteiger partial charge is 0.352 e. The summed E-state index contributed by atoms with van der Waals surface area (Å²) in [6.45, 7) is 10.8. The molecule has 0 aromatic heterocycles. The van der Waals surface area contributed by atoms with Crippen LogP contribution in [0.3, 0.4) is 0 Å². The van der Waals surface area contributed by atoms with E-state index in [0.29, 0.717) is 6.54 Å². The molecule has 1 aromatic rings. The highest BCUT2D eigenvalue weighted by atomic mass is 127. The maximum atomic E-state index is 12.1. The summed E-state index contributed by atoms with van der Waals surface area (Å²) in [5, 5.41) is 6.52. The summed E-state index contributed by atoms with van der Waals surface area (Å²) in [5.41, 5.74) is 2.36. The van der Waals surface area contributed by atoms with Crippen LogP contribution in [0.15, 0.2) is 29.3 Å². The van der Waals surface area contributed by atoms with Crippen molar-refractivity contribution in [3.63, 3.8) is 0 Å². The first kappa shape index (κ1) is 22.0. The van der Waals surface area contributed by atoms with Crippen molar-refractivity contribution in [2.75, 3.05) is 18.9 Å². The minimum atomic E-state index is 0. The van der Waals surface area contributed by atoms with Crippen LogP contribution in [0.4, 0.5) is 5.69 Å². The van der Waals surface area contributed by atoms with Gasteiger partial charge in [0, 0.05) is 42.7 Å². The van der Waals surface area contributed by atoms with Crippen LogP contribution in [-0.4, -0.2) is 35.9 Å². The van der Waals surface area contributed by atoms with Gasteiger partial charge in [0.1, 0.15) is 0 Å². The highest BCUT2D eigenvalue weighted by Gasteiger charge is 2.53. The molecule has 1 aromatic carbocycles. The number of guanidine groups is 1. The fourth-order valence-electron chi connectivity index (χ4n) is 3.55. The number of anilines is 1. The molecule has 2 fully saturated rings. The van der Waals surface area contributed by atoms with Crippen molar-refractivity contribution in [3.05, 3.63) is 29.8 Å². The van der Waals surface area contributed by atoms with E-state index in [4.69, 9.17) is 0 Å². The predicted molar refractivity (Wildman–Crippen MR) is 123 cm³/mol. The van der Waals surface area contributed by atoms with Gasteiger partial charge in [0.25, 0.3) is 0 Å². The third-order valence-corrected chi connectivity index (χ3v) is 6.47. The van der Waals surface area contributed by atoms with Crippen LogP contribution < -0.4 is 10.6 Å². The molecular weight excluding hydrogens is 451 g/mol. The van der Waals surface area contributed by atoms with Crippen molar-refractivity contribution in [1.82, 2.24) is 10.2 Å². The number of carbonyl (C=O) groups excluding carboxylic acids is 1. The molecule has 0 spiro atoms. The molecule has 1 aliphatic carbocycles. The van der Waals surface area contributed by atoms with Crippen molar-refractivity contribution in [2.45, 2.75) is 59.0 Å². The number of nitrogens with one attached hydrogen (secondary N) is 2. The van der Waals surface area contributed by atoms with Crippen LogP contribution in [0.1, 0.15) is 52.5 Å². The number of rotatable bonds is 4. The average Bonchev–Trinajstić information content (AvgIpc) is 2.53. The third kappa shape index (κ3) is 4.41. The molecule has 2 N–H and O–H groups in total. The van der Waals surface area contributed by atoms with Gasteiger partial charge in [0.05, 0.1) is 0 Å². The van der Waals surface area contributed by atoms with Gasteiger partial charge in [-0.25, -0.2) is 0 Å². The van der Waals surface area contributed by atoms with Crippen LogP contribution >= 0.6 is 24.0 Å². The van der Waals surface area contributed by atoms with Crippen LogP contribution in [0.5, 0.6) is 0 Å². The van der Waals surface area contributed by atoms with Gasteiger partial charge < -0.3 is 15.5 Å². The highest BCUT2D eigenvalue weighted by Crippen LogP contribution is 2.46. The standard InChI is InChI=1S/C21H32N4O.HI/c1-20(2)14-25(21(20,3)4)19(22-5)23-13-15-8-6-11-17(12-15)24-18(26)16-9-7-10-16;/h6,8,11-12,16H,7,9-10,13-14H2,1-5H3,(H,22,23)(H,24,26);1H. The lowest BCUT2D eigenvalue weighted by atomic mass is 9.65. The van der Waals surface area contributed by atoms with Crippen molar-refractivity contribution in [3.8, 4) is 0 Å². The van der Waals surface area contributed by atoms with E-state index in [-0.39, 0.29) is 46.8 Å². The summed E-state index contributed by atoms with van der Waals surface area (Å²) >= 11 is 0. The summed E-state index contributed by atoms with van der Waals surface area (Å²) in [5.74, 6) is 1.28. The molecule has 6 heteroatoms. The number of benzene rings is 1. The predicted octanol–water partition coefficient (Wildman–Crippen LogP) is 4.24. The minimum Gasteiger partial charge on any atom is -0.352 e. The van der Waals surface area contributed by atoms with E-state index in [0.717, 1.165) is 36.6 Å². The Kier molecular flexibility index (Phi) is 6.81. The first-order valence-electron chi connectivity index (χ1n) is 9.63. The van der Waals surface area contributed by atoms with Gasteiger partial charge in [0.2, 0.25) is 5.91 Å². The lowest BCUT2D eigenvalue weighted by Crippen LogP contribution is -2.72. The van der Waals surface area contributed by atoms with Gasteiger partial charge in [-0.2, -0.15) is 0 Å². The smallest absolute Gasteiger partial charge is 0.227 e. The fraction of sp³-hybridized carbons (Fsp3) is 0.619. The second-order valence-electron chi connectivity index (χ2n) is 8.75. The van der Waals surface area contributed by atoms with Crippen LogP contribution in [0.25, 0.3) is 0 Å². The zero-order valence-electron chi connectivity index (χ0n) is 17.1. The molecule has 0 atom stereocenters. The van der Waals surface area contributed by atoms with E-state index in [2.05, 4.69) is 54.3 Å². The van der Waals surface area contributed by atoms with E-state index < -0.39 is 0 Å². The fourth-order valence-corrected chi connectivity index (χ4v) is 3.55. The van der Waals surface area contributed by atoms with Gasteiger partial charge in [0.15, 0.2) is 5.96 Å². The Morgan fingerprint density at radius 1 is 1.26 bits per heavy atom. The molecule has 150 valence electrons. The number of amides is 1. The number of carbonyl (C=O) groups is 1. The lowest BCUT2D eigenvalue weighted by molar-refractivity contribution is -0.122. The maximum Gasteiger partial charge on any atom is 0.227 e. The highest BCUT2D eigenvalue weighted by molar-refractivity contribution is 14.0. The quantitative estimate of drug-likeness (QED) is 0.382. The van der Waals surface area contributed by atoms with E-state index in [9.17, 15) is 4.79 Å². The van der Waals surface area contributed by atoms with Crippen LogP contribution in [0.2, 0.25) is 0 Å². The summed E-state index contributed by atoms with van der Waals surface area (Å²) in [6.07, 6.45) is 3.21. The molecule has 1 amide bonds. The number of aliphatic imine (C=N–C) groups is 1. The Bertz CT molecular complexity index is 710. The maximum absolute atomic E-state index is 12.1. The van der Waals surface area contributed by atoms with E-state index in [1.807, 2.05) is 25.2 Å². The summed E-state index contributed by atoms with van der Waals surface area (Å²) in [6, 6.07) is 8.06. The second kappa shape index (κ2) is 8.37. The number of hydrogen-bond donors (Lipinski definition) is 2. The van der Waals surface area contributed by atoms with Crippen molar-refractivity contribution in [2.24, 2.45) is 16.3 Å². The molecule has 1 heterocycles. The molecule has 0 radical (unpaired) electrons. The molecule has 1 aliphatic heterocycles. The second-order valence-corrected chi connectivity index (χ2v) is 8.75. The van der Waals surface area contributed by atoms with Gasteiger partial charge in [-0.1, -0.05) is 32.4 Å². The minimum absolute atomic E-state index is 0. The third-order valence-electron chi connectivity index (χ3n) is 6.47. The molecule has 3 rings (SSSR count). The molecule has 27 heavy (non-hydrogen) atoms. The topological polar surface area (TPSA) is 56.7 Å². The SMILES string of the molecule is CN=C(NCc1cccc(NC(=O)C2CCC2)c1)N1CC(C)(C)C1(C)C.I. The van der Waals surface area contributed by atoms with Crippen LogP contribution in [-0.2, 0) is 11.3 Å². The first-order chi connectivity index (χ1) is 12.2. The number of halogens is 1. The average molecular weight is 484 g/mol. The van der Waals surface area contributed by atoms with E-state index in [1.54, 1.807) is 0 Å². The molecule has 2 aliphatic rings.